The van der Waals surface area contributed by atoms with Gasteiger partial charge in [-0.2, -0.15) is 10.2 Å². The lowest BCUT2D eigenvalue weighted by molar-refractivity contribution is 0.0698. The van der Waals surface area contributed by atoms with Gasteiger partial charge in [0.25, 0.3) is 0 Å². The van der Waals surface area contributed by atoms with Crippen molar-refractivity contribution in [3.63, 3.8) is 0 Å². The molecule has 0 radical (unpaired) electrons. The molecule has 3 N–H and O–H groups in total. The lowest BCUT2D eigenvalue weighted by Crippen LogP contribution is -2.01. The van der Waals surface area contributed by atoms with Crippen LogP contribution < -0.4 is 5.73 Å². The molecule has 0 aromatic heterocycles. The second-order valence-electron chi connectivity index (χ2n) is 3.61. The highest BCUT2D eigenvalue weighted by Gasteiger charge is 2.08. The predicted molar refractivity (Wildman–Crippen MR) is 68.4 cm³/mol. The fourth-order valence-corrected chi connectivity index (χ4v) is 1.40. The highest BCUT2D eigenvalue weighted by Crippen LogP contribution is 2.22. The number of azo groups is 1. The zero-order valence-corrected chi connectivity index (χ0v) is 9.45. The fourth-order valence-electron chi connectivity index (χ4n) is 1.40. The van der Waals surface area contributed by atoms with Crippen molar-refractivity contribution in [3.05, 3.63) is 54.1 Å². The van der Waals surface area contributed by atoms with Gasteiger partial charge in [0.2, 0.25) is 0 Å². The minimum atomic E-state index is -1.08. The number of nitrogen functional groups attached to an aromatic ring is 1. The molecule has 0 amide bonds. The van der Waals surface area contributed by atoms with Crippen molar-refractivity contribution >= 4 is 23.0 Å². The molecule has 0 bridgehead atoms. The topological polar surface area (TPSA) is 88.0 Å². The number of hydrogen-bond donors (Lipinski definition) is 2. The standard InChI is InChI=1S/C13H11N3O2/c14-12-7-6-10(8-11(12)13(17)18)16-15-9-4-2-1-3-5-9/h1-8H,14H2,(H,17,18). The molecule has 0 heterocycles. The number of anilines is 1. The second-order valence-corrected chi connectivity index (χ2v) is 3.61. The Morgan fingerprint density at radius 1 is 1.00 bits per heavy atom. The van der Waals surface area contributed by atoms with Crippen molar-refractivity contribution in [2.45, 2.75) is 0 Å². The van der Waals surface area contributed by atoms with Gasteiger partial charge >= 0.3 is 5.97 Å². The Kier molecular flexibility index (Phi) is 3.33. The predicted octanol–water partition coefficient (Wildman–Crippen LogP) is 3.38. The van der Waals surface area contributed by atoms with Gasteiger partial charge < -0.3 is 10.8 Å². The van der Waals surface area contributed by atoms with Crippen LogP contribution in [0.25, 0.3) is 0 Å². The van der Waals surface area contributed by atoms with Gasteiger partial charge in [0, 0.05) is 5.69 Å². The molecular weight excluding hydrogens is 230 g/mol. The monoisotopic (exact) mass is 241 g/mol. The number of carboxylic acids is 1. The molecule has 5 heteroatoms. The van der Waals surface area contributed by atoms with E-state index in [0.29, 0.717) is 11.4 Å². The van der Waals surface area contributed by atoms with Crippen LogP contribution in [0.1, 0.15) is 10.4 Å². The summed E-state index contributed by atoms with van der Waals surface area (Å²) < 4.78 is 0. The molecule has 0 fully saturated rings. The number of hydrogen-bond acceptors (Lipinski definition) is 4. The molecule has 0 unspecified atom stereocenters. The minimum Gasteiger partial charge on any atom is -0.478 e. The number of nitrogens with two attached hydrogens (primary N) is 1. The SMILES string of the molecule is Nc1ccc(N=Nc2ccccc2)cc1C(=O)O. The van der Waals surface area contributed by atoms with E-state index in [1.54, 1.807) is 18.2 Å². The van der Waals surface area contributed by atoms with Crippen LogP contribution in [0, 0.1) is 0 Å². The van der Waals surface area contributed by atoms with Gasteiger partial charge in [0.15, 0.2) is 0 Å². The van der Waals surface area contributed by atoms with Crippen LogP contribution in [0.3, 0.4) is 0 Å². The number of carbonyl (C=O) groups is 1. The quantitative estimate of drug-likeness (QED) is 0.637. The van der Waals surface area contributed by atoms with E-state index in [9.17, 15) is 4.79 Å². The van der Waals surface area contributed by atoms with Gasteiger partial charge in [-0.1, -0.05) is 18.2 Å². The molecule has 5 nitrogen and oxygen atoms in total. The van der Waals surface area contributed by atoms with Gasteiger partial charge in [0.1, 0.15) is 0 Å². The Hall–Kier alpha value is -2.69. The highest BCUT2D eigenvalue weighted by molar-refractivity contribution is 5.94. The Morgan fingerprint density at radius 3 is 2.33 bits per heavy atom. The molecule has 0 spiro atoms. The summed E-state index contributed by atoms with van der Waals surface area (Å²) in [6.45, 7) is 0. The highest BCUT2D eigenvalue weighted by atomic mass is 16.4. The van der Waals surface area contributed by atoms with E-state index in [4.69, 9.17) is 10.8 Å². The summed E-state index contributed by atoms with van der Waals surface area (Å²) in [6.07, 6.45) is 0. The van der Waals surface area contributed by atoms with Crippen LogP contribution >= 0.6 is 0 Å². The third-order valence-corrected chi connectivity index (χ3v) is 2.30. The molecule has 0 aliphatic carbocycles. The summed E-state index contributed by atoms with van der Waals surface area (Å²) >= 11 is 0. The first-order valence-electron chi connectivity index (χ1n) is 5.26. The molecule has 2 aromatic carbocycles. The zero-order chi connectivity index (χ0) is 13.0. The summed E-state index contributed by atoms with van der Waals surface area (Å²) in [5, 5.41) is 16.9. The van der Waals surface area contributed by atoms with E-state index < -0.39 is 5.97 Å². The summed E-state index contributed by atoms with van der Waals surface area (Å²) in [5.41, 5.74) is 6.93. The van der Waals surface area contributed by atoms with E-state index in [2.05, 4.69) is 10.2 Å². The summed E-state index contributed by atoms with van der Waals surface area (Å²) in [4.78, 5) is 10.9. The Balaban J connectivity index is 2.28. The molecular formula is C13H11N3O2. The van der Waals surface area contributed by atoms with Gasteiger partial charge in [0.05, 0.1) is 16.9 Å². The van der Waals surface area contributed by atoms with Crippen LogP contribution in [0.5, 0.6) is 0 Å². The maximum absolute atomic E-state index is 10.9. The Bertz CT molecular complexity index is 594. The minimum absolute atomic E-state index is 0.0273. The number of aromatic carboxylic acids is 1. The zero-order valence-electron chi connectivity index (χ0n) is 9.45. The fraction of sp³-hybridized carbons (Fsp3) is 0. The van der Waals surface area contributed by atoms with Crippen LogP contribution in [0.15, 0.2) is 58.8 Å². The van der Waals surface area contributed by atoms with Crippen molar-refractivity contribution in [1.29, 1.82) is 0 Å². The lowest BCUT2D eigenvalue weighted by atomic mass is 10.1. The molecule has 0 aliphatic heterocycles. The van der Waals surface area contributed by atoms with Gasteiger partial charge in [-0.3, -0.25) is 0 Å². The first-order valence-corrected chi connectivity index (χ1v) is 5.26. The lowest BCUT2D eigenvalue weighted by Gasteiger charge is -2.00. The molecule has 0 saturated carbocycles. The molecule has 18 heavy (non-hydrogen) atoms. The molecule has 2 rings (SSSR count). The average Bonchev–Trinajstić information content (AvgIpc) is 2.38. The van der Waals surface area contributed by atoms with E-state index in [0.717, 1.165) is 0 Å². The van der Waals surface area contributed by atoms with E-state index >= 15 is 0 Å². The maximum atomic E-state index is 10.9. The third kappa shape index (κ3) is 2.70. The largest absolute Gasteiger partial charge is 0.478 e. The summed E-state index contributed by atoms with van der Waals surface area (Å²) in [5.74, 6) is -1.08. The first kappa shape index (κ1) is 11.8. The Morgan fingerprint density at radius 2 is 1.67 bits per heavy atom. The normalized spacial score (nSPS) is 10.7. The van der Waals surface area contributed by atoms with Crippen molar-refractivity contribution in [1.82, 2.24) is 0 Å². The first-order chi connectivity index (χ1) is 8.66. The van der Waals surface area contributed by atoms with Crippen LogP contribution in [-0.2, 0) is 0 Å². The Labute approximate surface area is 104 Å². The van der Waals surface area contributed by atoms with Crippen molar-refractivity contribution < 1.29 is 9.90 Å². The summed E-state index contributed by atoms with van der Waals surface area (Å²) in [7, 11) is 0. The maximum Gasteiger partial charge on any atom is 0.337 e. The van der Waals surface area contributed by atoms with Crippen LogP contribution in [0.4, 0.5) is 17.1 Å². The number of benzene rings is 2. The molecule has 0 saturated heterocycles. The van der Waals surface area contributed by atoms with Crippen molar-refractivity contribution in [3.8, 4) is 0 Å². The average molecular weight is 241 g/mol. The number of rotatable bonds is 3. The number of carboxylic acid groups (broad SMARTS) is 1. The van der Waals surface area contributed by atoms with Gasteiger partial charge in [-0.15, -0.1) is 0 Å². The van der Waals surface area contributed by atoms with Crippen molar-refractivity contribution in [2.75, 3.05) is 5.73 Å². The van der Waals surface area contributed by atoms with Crippen molar-refractivity contribution in [2.24, 2.45) is 10.2 Å². The van der Waals surface area contributed by atoms with E-state index in [1.807, 2.05) is 18.2 Å². The molecule has 90 valence electrons. The smallest absolute Gasteiger partial charge is 0.337 e. The third-order valence-electron chi connectivity index (χ3n) is 2.30. The van der Waals surface area contributed by atoms with Gasteiger partial charge in [-0.05, 0) is 30.3 Å². The van der Waals surface area contributed by atoms with Crippen LogP contribution in [-0.4, -0.2) is 11.1 Å². The van der Waals surface area contributed by atoms with E-state index in [-0.39, 0.29) is 11.3 Å². The van der Waals surface area contributed by atoms with E-state index in [1.165, 1.54) is 12.1 Å². The summed E-state index contributed by atoms with van der Waals surface area (Å²) in [6, 6.07) is 13.7. The number of nitrogens with zero attached hydrogens (tertiary/aromatic N) is 2. The van der Waals surface area contributed by atoms with Crippen LogP contribution in [0.2, 0.25) is 0 Å². The second kappa shape index (κ2) is 5.09. The molecule has 0 aliphatic rings. The molecule has 2 aromatic rings. The molecule has 0 atom stereocenters. The van der Waals surface area contributed by atoms with Gasteiger partial charge in [-0.25, -0.2) is 4.79 Å².